The molecule has 0 aliphatic carbocycles. The van der Waals surface area contributed by atoms with E-state index in [1.807, 2.05) is 73.7 Å². The van der Waals surface area contributed by atoms with Gasteiger partial charge in [0, 0.05) is 11.8 Å². The fraction of sp³-hybridized carbons (Fsp3) is 0.174. The van der Waals surface area contributed by atoms with Crippen LogP contribution in [-0.2, 0) is 4.79 Å². The molecule has 3 aromatic carbocycles. The van der Waals surface area contributed by atoms with Gasteiger partial charge < -0.3 is 24.8 Å². The van der Waals surface area contributed by atoms with Crippen LogP contribution < -0.4 is 24.8 Å². The lowest BCUT2D eigenvalue weighted by molar-refractivity contribution is -0.117. The van der Waals surface area contributed by atoms with Crippen LogP contribution in [0.4, 0.5) is 11.4 Å². The van der Waals surface area contributed by atoms with Crippen molar-refractivity contribution in [2.75, 3.05) is 24.5 Å². The maximum Gasteiger partial charge on any atom is 0.251 e. The molecule has 1 amide bonds. The van der Waals surface area contributed by atoms with Crippen LogP contribution in [0.15, 0.2) is 66.7 Å². The molecule has 0 saturated carbocycles. The highest BCUT2D eigenvalue weighted by Gasteiger charge is 2.23. The Balaban J connectivity index is 1.62. The Morgan fingerprint density at radius 2 is 1.79 bits per heavy atom. The van der Waals surface area contributed by atoms with E-state index in [-0.39, 0.29) is 12.7 Å². The van der Waals surface area contributed by atoms with E-state index >= 15 is 0 Å². The Morgan fingerprint density at radius 1 is 1.00 bits per heavy atom. The summed E-state index contributed by atoms with van der Waals surface area (Å²) in [6, 6.07) is 20.1. The third-order valence-corrected chi connectivity index (χ3v) is 4.69. The molecule has 0 saturated heterocycles. The fourth-order valence-electron chi connectivity index (χ4n) is 3.22. The molecule has 6 nitrogen and oxygen atoms in total. The van der Waals surface area contributed by atoms with Crippen molar-refractivity contribution in [3.63, 3.8) is 0 Å². The van der Waals surface area contributed by atoms with Gasteiger partial charge in [-0.05, 0) is 42.3 Å². The highest BCUT2D eigenvalue weighted by Crippen LogP contribution is 2.35. The number of anilines is 2. The Labute approximate surface area is 169 Å². The van der Waals surface area contributed by atoms with Gasteiger partial charge in [-0.3, -0.25) is 4.79 Å². The van der Waals surface area contributed by atoms with Crippen LogP contribution in [0.2, 0.25) is 0 Å². The van der Waals surface area contributed by atoms with E-state index in [2.05, 4.69) is 10.6 Å². The zero-order valence-electron chi connectivity index (χ0n) is 16.3. The van der Waals surface area contributed by atoms with Gasteiger partial charge in [0.25, 0.3) is 5.91 Å². The number of fused-ring (bicyclic) bond motifs is 1. The molecule has 6 heteroatoms. The van der Waals surface area contributed by atoms with Gasteiger partial charge in [-0.25, -0.2) is 0 Å². The summed E-state index contributed by atoms with van der Waals surface area (Å²) in [4.78, 5) is 13.2. The second-order valence-electron chi connectivity index (χ2n) is 6.75. The van der Waals surface area contributed by atoms with E-state index < -0.39 is 6.04 Å². The molecule has 0 fully saturated rings. The van der Waals surface area contributed by atoms with Crippen molar-refractivity contribution in [3.8, 4) is 17.2 Å². The first kappa shape index (κ1) is 18.7. The third-order valence-electron chi connectivity index (χ3n) is 4.69. The Hall–Kier alpha value is -3.67. The maximum absolute atomic E-state index is 13.2. The molecule has 29 heavy (non-hydrogen) atoms. The van der Waals surface area contributed by atoms with Gasteiger partial charge >= 0.3 is 0 Å². The van der Waals surface area contributed by atoms with Crippen LogP contribution in [0.3, 0.4) is 0 Å². The molecule has 0 aromatic heterocycles. The molecule has 1 unspecified atom stereocenters. The average molecular weight is 390 g/mol. The first-order valence-electron chi connectivity index (χ1n) is 9.30. The minimum atomic E-state index is -0.609. The summed E-state index contributed by atoms with van der Waals surface area (Å²) in [7, 11) is 1.58. The van der Waals surface area contributed by atoms with E-state index in [1.165, 1.54) is 0 Å². The SMILES string of the molecule is COc1ccc(C)cc1NC(=O)C(Nc1ccc2c(c1)OCO2)c1ccccc1. The zero-order chi connectivity index (χ0) is 20.2. The number of carbonyl (C=O) groups is 1. The predicted molar refractivity (Wildman–Crippen MR) is 112 cm³/mol. The molecule has 0 spiro atoms. The summed E-state index contributed by atoms with van der Waals surface area (Å²) in [6.45, 7) is 2.17. The fourth-order valence-corrected chi connectivity index (χ4v) is 3.22. The molecule has 0 radical (unpaired) electrons. The largest absolute Gasteiger partial charge is 0.495 e. The van der Waals surface area contributed by atoms with Crippen molar-refractivity contribution < 1.29 is 19.0 Å². The molecular formula is C23H22N2O4. The molecule has 148 valence electrons. The Morgan fingerprint density at radius 3 is 2.59 bits per heavy atom. The van der Waals surface area contributed by atoms with Crippen molar-refractivity contribution in [1.82, 2.24) is 0 Å². The summed E-state index contributed by atoms with van der Waals surface area (Å²) in [6.07, 6.45) is 0. The number of hydrogen-bond donors (Lipinski definition) is 2. The minimum absolute atomic E-state index is 0.197. The topological polar surface area (TPSA) is 68.8 Å². The lowest BCUT2D eigenvalue weighted by Crippen LogP contribution is -2.27. The predicted octanol–water partition coefficient (Wildman–Crippen LogP) is 4.52. The molecule has 1 aliphatic rings. The summed E-state index contributed by atoms with van der Waals surface area (Å²) in [5.41, 5.74) is 3.26. The van der Waals surface area contributed by atoms with Crippen molar-refractivity contribution in [2.45, 2.75) is 13.0 Å². The highest BCUT2D eigenvalue weighted by molar-refractivity contribution is 5.98. The Kier molecular flexibility index (Phi) is 5.24. The highest BCUT2D eigenvalue weighted by atomic mass is 16.7. The van der Waals surface area contributed by atoms with Gasteiger partial charge in [-0.2, -0.15) is 0 Å². The second kappa shape index (κ2) is 8.14. The quantitative estimate of drug-likeness (QED) is 0.647. The number of amides is 1. The molecular weight excluding hydrogens is 368 g/mol. The van der Waals surface area contributed by atoms with E-state index in [0.717, 1.165) is 16.8 Å². The van der Waals surface area contributed by atoms with Crippen LogP contribution in [0.25, 0.3) is 0 Å². The molecule has 1 heterocycles. The third kappa shape index (κ3) is 4.11. The second-order valence-corrected chi connectivity index (χ2v) is 6.75. The van der Waals surface area contributed by atoms with E-state index in [4.69, 9.17) is 14.2 Å². The summed E-state index contributed by atoms with van der Waals surface area (Å²) in [5.74, 6) is 1.76. The molecule has 2 N–H and O–H groups in total. The van der Waals surface area contributed by atoms with E-state index in [1.54, 1.807) is 7.11 Å². The molecule has 4 rings (SSSR count). The first-order valence-corrected chi connectivity index (χ1v) is 9.30. The smallest absolute Gasteiger partial charge is 0.251 e. The number of methoxy groups -OCH3 is 1. The van der Waals surface area contributed by atoms with Gasteiger partial charge in [0.15, 0.2) is 11.5 Å². The zero-order valence-corrected chi connectivity index (χ0v) is 16.3. The van der Waals surface area contributed by atoms with Crippen LogP contribution in [0.5, 0.6) is 17.2 Å². The molecule has 3 aromatic rings. The Bertz CT molecular complexity index is 1020. The van der Waals surface area contributed by atoms with Crippen LogP contribution in [0.1, 0.15) is 17.2 Å². The summed E-state index contributed by atoms with van der Waals surface area (Å²) in [5, 5.41) is 6.30. The van der Waals surface area contributed by atoms with Crippen molar-refractivity contribution in [2.24, 2.45) is 0 Å². The van der Waals surface area contributed by atoms with Gasteiger partial charge in [-0.15, -0.1) is 0 Å². The van der Waals surface area contributed by atoms with Crippen molar-refractivity contribution >= 4 is 17.3 Å². The standard InChI is InChI=1S/C23H22N2O4/c1-15-8-10-19(27-2)18(12-15)25-23(26)22(16-6-4-3-5-7-16)24-17-9-11-20-21(13-17)29-14-28-20/h3-13,22,24H,14H2,1-2H3,(H,25,26). The molecule has 0 bridgehead atoms. The number of rotatable bonds is 6. The number of aryl methyl sites for hydroxylation is 1. The lowest BCUT2D eigenvalue weighted by atomic mass is 10.1. The summed E-state index contributed by atoms with van der Waals surface area (Å²) >= 11 is 0. The molecule has 1 aliphatic heterocycles. The summed E-state index contributed by atoms with van der Waals surface area (Å²) < 4.78 is 16.2. The normalized spacial score (nSPS) is 12.9. The van der Waals surface area contributed by atoms with Crippen LogP contribution in [0, 0.1) is 6.92 Å². The van der Waals surface area contributed by atoms with Gasteiger partial charge in [0.2, 0.25) is 6.79 Å². The minimum Gasteiger partial charge on any atom is -0.495 e. The number of hydrogen-bond acceptors (Lipinski definition) is 5. The number of carbonyl (C=O) groups excluding carboxylic acids is 1. The van der Waals surface area contributed by atoms with Crippen molar-refractivity contribution in [3.05, 3.63) is 77.9 Å². The van der Waals surface area contributed by atoms with Gasteiger partial charge in [0.05, 0.1) is 12.8 Å². The maximum atomic E-state index is 13.2. The molecule has 1 atom stereocenters. The number of ether oxygens (including phenoxy) is 3. The average Bonchev–Trinajstić information content (AvgIpc) is 3.20. The van der Waals surface area contributed by atoms with Gasteiger partial charge in [0.1, 0.15) is 11.8 Å². The number of benzene rings is 3. The van der Waals surface area contributed by atoms with Crippen molar-refractivity contribution in [1.29, 1.82) is 0 Å². The van der Waals surface area contributed by atoms with E-state index in [0.29, 0.717) is 22.9 Å². The van der Waals surface area contributed by atoms with E-state index in [9.17, 15) is 4.79 Å². The van der Waals surface area contributed by atoms with Crippen LogP contribution >= 0.6 is 0 Å². The first-order chi connectivity index (χ1) is 14.1. The number of nitrogens with one attached hydrogen (secondary N) is 2. The van der Waals surface area contributed by atoms with Gasteiger partial charge in [-0.1, -0.05) is 36.4 Å². The lowest BCUT2D eigenvalue weighted by Gasteiger charge is -2.21. The van der Waals surface area contributed by atoms with Crippen LogP contribution in [-0.4, -0.2) is 19.8 Å². The monoisotopic (exact) mass is 390 g/mol.